The third-order valence-corrected chi connectivity index (χ3v) is 5.50. The van der Waals surface area contributed by atoms with Crippen molar-refractivity contribution >= 4 is 22.6 Å². The van der Waals surface area contributed by atoms with Crippen LogP contribution in [0.15, 0.2) is 78.9 Å². The van der Waals surface area contributed by atoms with Gasteiger partial charge in [0.15, 0.2) is 17.5 Å². The van der Waals surface area contributed by atoms with Crippen LogP contribution in [0.2, 0.25) is 0 Å². The Morgan fingerprint density at radius 3 is 2.28 bits per heavy atom. The molecule has 0 saturated heterocycles. The molecule has 0 bridgehead atoms. The first-order valence-electron chi connectivity index (χ1n) is 10.9. The number of nitriles is 1. The van der Waals surface area contributed by atoms with Gasteiger partial charge in [0.2, 0.25) is 0 Å². The third kappa shape index (κ3) is 5.24. The van der Waals surface area contributed by atoms with Crippen molar-refractivity contribution in [3.63, 3.8) is 0 Å². The zero-order valence-electron chi connectivity index (χ0n) is 18.8. The molecule has 4 N–H and O–H groups in total. The summed E-state index contributed by atoms with van der Waals surface area (Å²) in [5.41, 5.74) is 0.0822. The van der Waals surface area contributed by atoms with Crippen LogP contribution in [0.4, 0.5) is 0 Å². The van der Waals surface area contributed by atoms with E-state index in [-0.39, 0.29) is 22.9 Å². The lowest BCUT2D eigenvalue weighted by atomic mass is 10.0. The number of para-hydroxylation sites is 1. The summed E-state index contributed by atoms with van der Waals surface area (Å²) < 4.78 is 5.78. The van der Waals surface area contributed by atoms with Crippen LogP contribution in [0.3, 0.4) is 0 Å². The van der Waals surface area contributed by atoms with Gasteiger partial charge in [-0.2, -0.15) is 5.26 Å². The molecule has 0 aliphatic rings. The highest BCUT2D eigenvalue weighted by Crippen LogP contribution is 2.33. The lowest BCUT2D eigenvalue weighted by Gasteiger charge is -2.22. The number of aliphatic hydroxyl groups is 1. The van der Waals surface area contributed by atoms with Crippen molar-refractivity contribution in [3.05, 3.63) is 95.8 Å². The van der Waals surface area contributed by atoms with E-state index < -0.39 is 35.5 Å². The first-order valence-corrected chi connectivity index (χ1v) is 10.9. The highest BCUT2D eigenvalue weighted by molar-refractivity contribution is 6.03. The highest BCUT2D eigenvalue weighted by Gasteiger charge is 2.30. The molecule has 0 aliphatic carbocycles. The van der Waals surface area contributed by atoms with E-state index in [0.717, 1.165) is 0 Å². The Labute approximate surface area is 205 Å². The van der Waals surface area contributed by atoms with Gasteiger partial charge in [-0.3, -0.25) is 4.79 Å². The molecule has 1 amide bonds. The largest absolute Gasteiger partial charge is 0.505 e. The number of rotatable bonds is 8. The topological polar surface area (TPSA) is 153 Å². The van der Waals surface area contributed by atoms with E-state index in [1.807, 2.05) is 24.3 Å². The van der Waals surface area contributed by atoms with Gasteiger partial charge in [-0.1, -0.05) is 48.5 Å². The number of amides is 1. The highest BCUT2D eigenvalue weighted by atomic mass is 16.5. The zero-order valence-corrected chi connectivity index (χ0v) is 18.8. The molecular weight excluding hydrogens is 462 g/mol. The number of carbonyl (C=O) groups is 2. The first-order chi connectivity index (χ1) is 17.4. The number of aliphatic hydroxyl groups excluding tert-OH is 1. The Kier molecular flexibility index (Phi) is 7.09. The zero-order chi connectivity index (χ0) is 25.7. The Bertz CT molecular complexity index is 1450. The van der Waals surface area contributed by atoms with Crippen molar-refractivity contribution in [2.45, 2.75) is 18.6 Å². The van der Waals surface area contributed by atoms with Crippen molar-refractivity contribution < 1.29 is 29.6 Å². The second kappa shape index (κ2) is 10.5. The quantitative estimate of drug-likeness (QED) is 0.298. The molecule has 2 atom stereocenters. The Morgan fingerprint density at radius 2 is 1.64 bits per heavy atom. The number of carboxylic acids is 1. The lowest BCUT2D eigenvalue weighted by molar-refractivity contribution is -0.148. The van der Waals surface area contributed by atoms with Crippen molar-refractivity contribution in [1.82, 2.24) is 10.3 Å². The molecule has 36 heavy (non-hydrogen) atoms. The summed E-state index contributed by atoms with van der Waals surface area (Å²) in [6.45, 7) is 0. The molecule has 0 saturated carbocycles. The number of aliphatic carboxylic acids is 1. The van der Waals surface area contributed by atoms with Gasteiger partial charge >= 0.3 is 5.97 Å². The van der Waals surface area contributed by atoms with Crippen LogP contribution in [0.5, 0.6) is 17.2 Å². The van der Waals surface area contributed by atoms with E-state index in [2.05, 4.69) is 10.3 Å². The number of nitrogens with one attached hydrogen (secondary N) is 1. The minimum atomic E-state index is -1.91. The summed E-state index contributed by atoms with van der Waals surface area (Å²) in [4.78, 5) is 28.5. The Balaban J connectivity index is 1.66. The molecule has 4 aromatic rings. The van der Waals surface area contributed by atoms with E-state index >= 15 is 0 Å². The van der Waals surface area contributed by atoms with Crippen LogP contribution in [-0.4, -0.2) is 44.3 Å². The molecule has 3 aromatic carbocycles. The number of carboxylic acid groups (broad SMARTS) is 1. The van der Waals surface area contributed by atoms with Crippen molar-refractivity contribution in [1.29, 1.82) is 5.26 Å². The number of aromatic nitrogens is 1. The Morgan fingerprint density at radius 1 is 0.972 bits per heavy atom. The number of nitrogens with zero attached hydrogens (tertiary/aromatic N) is 2. The van der Waals surface area contributed by atoms with E-state index in [1.54, 1.807) is 48.5 Å². The summed E-state index contributed by atoms with van der Waals surface area (Å²) in [6.07, 6.45) is -1.90. The van der Waals surface area contributed by atoms with Crippen molar-refractivity contribution in [2.75, 3.05) is 0 Å². The number of ether oxygens (including phenoxy) is 1. The normalized spacial score (nSPS) is 12.3. The van der Waals surface area contributed by atoms with Gasteiger partial charge in [-0.15, -0.1) is 0 Å². The fourth-order valence-electron chi connectivity index (χ4n) is 3.73. The van der Waals surface area contributed by atoms with Crippen LogP contribution in [0.1, 0.15) is 21.7 Å². The minimum absolute atomic E-state index is 0.0136. The molecule has 0 radical (unpaired) electrons. The van der Waals surface area contributed by atoms with Crippen LogP contribution < -0.4 is 10.1 Å². The summed E-state index contributed by atoms with van der Waals surface area (Å²) in [5, 5.41) is 42.9. The number of fused-ring (bicyclic) bond motifs is 1. The molecule has 1 heterocycles. The monoisotopic (exact) mass is 483 g/mol. The smallest absolute Gasteiger partial charge is 0.334 e. The molecule has 0 aliphatic heterocycles. The maximum Gasteiger partial charge on any atom is 0.334 e. The number of aromatic hydroxyl groups is 1. The lowest BCUT2D eigenvalue weighted by Crippen LogP contribution is -2.48. The van der Waals surface area contributed by atoms with Crippen LogP contribution in [-0.2, 0) is 11.2 Å². The molecule has 0 fully saturated rings. The van der Waals surface area contributed by atoms with Gasteiger partial charge in [0.05, 0.1) is 6.04 Å². The second-order valence-electron chi connectivity index (χ2n) is 7.94. The maximum absolute atomic E-state index is 13.0. The second-order valence-corrected chi connectivity index (χ2v) is 7.94. The molecule has 9 nitrogen and oxygen atoms in total. The summed E-state index contributed by atoms with van der Waals surface area (Å²) >= 11 is 0. The van der Waals surface area contributed by atoms with Gasteiger partial charge in [0.25, 0.3) is 5.91 Å². The summed E-state index contributed by atoms with van der Waals surface area (Å²) in [7, 11) is 0. The van der Waals surface area contributed by atoms with Crippen molar-refractivity contribution in [3.8, 4) is 23.3 Å². The number of carbonyl (C=O) groups excluding carboxylic acids is 1. The van der Waals surface area contributed by atoms with Gasteiger partial charge in [-0.25, -0.2) is 9.78 Å². The van der Waals surface area contributed by atoms with E-state index in [1.165, 1.54) is 12.1 Å². The predicted octanol–water partition coefficient (Wildman–Crippen LogP) is 3.39. The summed E-state index contributed by atoms with van der Waals surface area (Å²) in [6, 6.07) is 23.0. The van der Waals surface area contributed by atoms with E-state index in [0.29, 0.717) is 17.1 Å². The van der Waals surface area contributed by atoms with Gasteiger partial charge < -0.3 is 25.4 Å². The molecule has 1 aromatic heterocycles. The molecule has 180 valence electrons. The fourth-order valence-corrected chi connectivity index (χ4v) is 3.73. The van der Waals surface area contributed by atoms with Gasteiger partial charge in [-0.05, 0) is 42.3 Å². The average molecular weight is 483 g/mol. The van der Waals surface area contributed by atoms with Crippen LogP contribution >= 0.6 is 0 Å². The predicted molar refractivity (Wildman–Crippen MR) is 130 cm³/mol. The molecule has 4 rings (SSSR count). The fraction of sp³-hybridized carbons (Fsp3) is 0.111. The van der Waals surface area contributed by atoms with Crippen LogP contribution in [0, 0.1) is 11.3 Å². The number of hydrogen-bond donors (Lipinski definition) is 4. The van der Waals surface area contributed by atoms with Crippen molar-refractivity contribution in [2.24, 2.45) is 0 Å². The summed E-state index contributed by atoms with van der Waals surface area (Å²) in [5.74, 6) is -1.97. The SMILES string of the molecule is N#Cc1nc(C(=O)N[C@H](Cc2ccccc2)C(O)C(=O)O)c(O)c2ccc(Oc3ccccc3)cc12. The maximum atomic E-state index is 13.0. The van der Waals surface area contributed by atoms with Crippen LogP contribution in [0.25, 0.3) is 10.8 Å². The number of benzene rings is 3. The average Bonchev–Trinajstić information content (AvgIpc) is 2.89. The molecule has 1 unspecified atom stereocenters. The molecule has 9 heteroatoms. The first kappa shape index (κ1) is 24.2. The van der Waals surface area contributed by atoms with Gasteiger partial charge in [0.1, 0.15) is 23.3 Å². The van der Waals surface area contributed by atoms with Gasteiger partial charge in [0, 0.05) is 10.8 Å². The molecule has 0 spiro atoms. The minimum Gasteiger partial charge on any atom is -0.505 e. The standard InChI is InChI=1S/C27H21N3O6/c28-15-22-20-14-18(36-17-9-5-2-6-10-17)11-12-19(20)24(31)23(29-22)26(33)30-21(25(32)27(34)35)13-16-7-3-1-4-8-16/h1-12,14,21,25,31-32H,13H2,(H,30,33)(H,34,35)/t21-,25?/m1/s1. The molecular formula is C27H21N3O6. The van der Waals surface area contributed by atoms with E-state index in [4.69, 9.17) is 4.74 Å². The number of hydrogen-bond acceptors (Lipinski definition) is 7. The number of pyridine rings is 1. The van der Waals surface area contributed by atoms with E-state index in [9.17, 15) is 30.2 Å². The Hall–Kier alpha value is -4.94. The third-order valence-electron chi connectivity index (χ3n) is 5.50.